The van der Waals surface area contributed by atoms with E-state index in [0.717, 1.165) is 25.6 Å². The van der Waals surface area contributed by atoms with Gasteiger partial charge in [0.2, 0.25) is 0 Å². The molecule has 0 fully saturated rings. The molecule has 1 N–H and O–H groups in total. The third kappa shape index (κ3) is 6.03. The lowest BCUT2D eigenvalue weighted by molar-refractivity contribution is 0.367. The Morgan fingerprint density at radius 1 is 1.29 bits per heavy atom. The topological polar surface area (TPSA) is 15.3 Å². The van der Waals surface area contributed by atoms with Gasteiger partial charge < -0.3 is 10.2 Å². The SMILES string of the molecule is C=C(C(C)C)N(C)CCNCC(C)C. The van der Waals surface area contributed by atoms with E-state index in [1.165, 1.54) is 5.70 Å². The first-order valence-corrected chi connectivity index (χ1v) is 5.55. The summed E-state index contributed by atoms with van der Waals surface area (Å²) in [5.74, 6) is 1.28. The normalized spacial score (nSPS) is 11.1. The predicted molar refractivity (Wildman–Crippen MR) is 64.3 cm³/mol. The fourth-order valence-corrected chi connectivity index (χ4v) is 1.22. The Labute approximate surface area is 89.4 Å². The Kier molecular flexibility index (Phi) is 6.64. The Balaban J connectivity index is 3.54. The molecule has 0 unspecified atom stereocenters. The first-order valence-electron chi connectivity index (χ1n) is 5.55. The summed E-state index contributed by atoms with van der Waals surface area (Å²) in [7, 11) is 2.11. The van der Waals surface area contributed by atoms with E-state index in [4.69, 9.17) is 0 Å². The summed E-state index contributed by atoms with van der Waals surface area (Å²) in [6, 6.07) is 0. The van der Waals surface area contributed by atoms with Gasteiger partial charge in [-0.25, -0.2) is 0 Å². The van der Waals surface area contributed by atoms with E-state index in [9.17, 15) is 0 Å². The van der Waals surface area contributed by atoms with Crippen molar-refractivity contribution < 1.29 is 0 Å². The summed E-state index contributed by atoms with van der Waals surface area (Å²) in [4.78, 5) is 2.23. The Morgan fingerprint density at radius 3 is 2.29 bits per heavy atom. The van der Waals surface area contributed by atoms with Crippen LogP contribution in [-0.2, 0) is 0 Å². The molecule has 0 aliphatic carbocycles. The molecular formula is C12H26N2. The van der Waals surface area contributed by atoms with E-state index < -0.39 is 0 Å². The fraction of sp³-hybridized carbons (Fsp3) is 0.833. The van der Waals surface area contributed by atoms with Crippen molar-refractivity contribution in [3.63, 3.8) is 0 Å². The molecule has 0 spiro atoms. The van der Waals surface area contributed by atoms with Crippen LogP contribution in [0, 0.1) is 11.8 Å². The Morgan fingerprint density at radius 2 is 1.86 bits per heavy atom. The van der Waals surface area contributed by atoms with Crippen molar-refractivity contribution in [3.05, 3.63) is 12.3 Å². The zero-order valence-corrected chi connectivity index (χ0v) is 10.4. The second-order valence-corrected chi connectivity index (χ2v) is 4.67. The minimum atomic E-state index is 0.546. The van der Waals surface area contributed by atoms with Gasteiger partial charge in [-0.3, -0.25) is 0 Å². The largest absolute Gasteiger partial charge is 0.377 e. The quantitative estimate of drug-likeness (QED) is 0.632. The molecule has 2 heteroatoms. The highest BCUT2D eigenvalue weighted by molar-refractivity contribution is 4.95. The van der Waals surface area contributed by atoms with Crippen molar-refractivity contribution in [3.8, 4) is 0 Å². The fourth-order valence-electron chi connectivity index (χ4n) is 1.22. The molecule has 0 saturated carbocycles. The zero-order valence-electron chi connectivity index (χ0n) is 10.4. The van der Waals surface area contributed by atoms with Gasteiger partial charge in [0.05, 0.1) is 0 Å². The number of likely N-dealkylation sites (N-methyl/N-ethyl adjacent to an activating group) is 1. The molecule has 0 aliphatic heterocycles. The van der Waals surface area contributed by atoms with Gasteiger partial charge in [-0.05, 0) is 18.4 Å². The third-order valence-corrected chi connectivity index (χ3v) is 2.33. The third-order valence-electron chi connectivity index (χ3n) is 2.33. The van der Waals surface area contributed by atoms with Crippen LogP contribution in [0.3, 0.4) is 0 Å². The first kappa shape index (κ1) is 13.5. The summed E-state index contributed by atoms with van der Waals surface area (Å²) >= 11 is 0. The average molecular weight is 198 g/mol. The van der Waals surface area contributed by atoms with Crippen molar-refractivity contribution in [1.82, 2.24) is 10.2 Å². The average Bonchev–Trinajstić information content (AvgIpc) is 2.10. The Bertz CT molecular complexity index is 162. The number of nitrogens with zero attached hydrogens (tertiary/aromatic N) is 1. The smallest absolute Gasteiger partial charge is 0.0296 e. The van der Waals surface area contributed by atoms with Gasteiger partial charge in [0.1, 0.15) is 0 Å². The highest BCUT2D eigenvalue weighted by Crippen LogP contribution is 2.09. The summed E-state index contributed by atoms with van der Waals surface area (Å²) in [5, 5.41) is 3.43. The molecule has 84 valence electrons. The van der Waals surface area contributed by atoms with Crippen LogP contribution in [0.2, 0.25) is 0 Å². The van der Waals surface area contributed by atoms with Gasteiger partial charge in [0.25, 0.3) is 0 Å². The number of nitrogens with one attached hydrogen (secondary N) is 1. The molecular weight excluding hydrogens is 172 g/mol. The molecule has 14 heavy (non-hydrogen) atoms. The number of allylic oxidation sites excluding steroid dienone is 1. The minimum Gasteiger partial charge on any atom is -0.377 e. The van der Waals surface area contributed by atoms with Gasteiger partial charge >= 0.3 is 0 Å². The van der Waals surface area contributed by atoms with Crippen molar-refractivity contribution in [2.24, 2.45) is 11.8 Å². The highest BCUT2D eigenvalue weighted by atomic mass is 15.1. The molecule has 0 radical (unpaired) electrons. The summed E-state index contributed by atoms with van der Waals surface area (Å²) in [6.45, 7) is 16.1. The van der Waals surface area contributed by atoms with E-state index in [0.29, 0.717) is 5.92 Å². The molecule has 0 atom stereocenters. The van der Waals surface area contributed by atoms with Crippen LogP contribution in [0.15, 0.2) is 12.3 Å². The number of hydrogen-bond acceptors (Lipinski definition) is 2. The summed E-state index contributed by atoms with van der Waals surface area (Å²) in [6.07, 6.45) is 0. The lowest BCUT2D eigenvalue weighted by atomic mass is 10.1. The van der Waals surface area contributed by atoms with Gasteiger partial charge in [0, 0.05) is 25.8 Å². The Hall–Kier alpha value is -0.500. The molecule has 2 nitrogen and oxygen atoms in total. The lowest BCUT2D eigenvalue weighted by Gasteiger charge is -2.24. The molecule has 0 heterocycles. The molecule has 0 amide bonds. The van der Waals surface area contributed by atoms with E-state index in [-0.39, 0.29) is 0 Å². The predicted octanol–water partition coefficient (Wildman–Crippen LogP) is 2.33. The van der Waals surface area contributed by atoms with E-state index >= 15 is 0 Å². The molecule has 0 aromatic heterocycles. The second-order valence-electron chi connectivity index (χ2n) is 4.67. The monoisotopic (exact) mass is 198 g/mol. The van der Waals surface area contributed by atoms with E-state index in [1.807, 2.05) is 0 Å². The summed E-state index contributed by atoms with van der Waals surface area (Å²) < 4.78 is 0. The van der Waals surface area contributed by atoms with Crippen LogP contribution in [0.25, 0.3) is 0 Å². The van der Waals surface area contributed by atoms with E-state index in [1.54, 1.807) is 0 Å². The van der Waals surface area contributed by atoms with E-state index in [2.05, 4.69) is 51.5 Å². The number of hydrogen-bond donors (Lipinski definition) is 1. The van der Waals surface area contributed by atoms with Crippen LogP contribution < -0.4 is 5.32 Å². The molecule has 0 aromatic carbocycles. The van der Waals surface area contributed by atoms with Gasteiger partial charge in [-0.1, -0.05) is 34.3 Å². The van der Waals surface area contributed by atoms with Crippen LogP contribution in [0.1, 0.15) is 27.7 Å². The van der Waals surface area contributed by atoms with Crippen molar-refractivity contribution in [2.45, 2.75) is 27.7 Å². The standard InChI is InChI=1S/C12H26N2/c1-10(2)9-13-7-8-14(6)12(5)11(3)4/h10-11,13H,5,7-9H2,1-4,6H3. The van der Waals surface area contributed by atoms with Crippen molar-refractivity contribution in [2.75, 3.05) is 26.7 Å². The van der Waals surface area contributed by atoms with Crippen LogP contribution in [0.5, 0.6) is 0 Å². The zero-order chi connectivity index (χ0) is 11.1. The minimum absolute atomic E-state index is 0.546. The molecule has 0 aromatic rings. The first-order chi connectivity index (χ1) is 6.45. The van der Waals surface area contributed by atoms with Gasteiger partial charge in [-0.15, -0.1) is 0 Å². The summed E-state index contributed by atoms with van der Waals surface area (Å²) in [5.41, 5.74) is 1.22. The van der Waals surface area contributed by atoms with Crippen LogP contribution >= 0.6 is 0 Å². The molecule has 0 rings (SSSR count). The van der Waals surface area contributed by atoms with Gasteiger partial charge in [-0.2, -0.15) is 0 Å². The lowest BCUT2D eigenvalue weighted by Crippen LogP contribution is -2.31. The van der Waals surface area contributed by atoms with Crippen molar-refractivity contribution >= 4 is 0 Å². The molecule has 0 bridgehead atoms. The van der Waals surface area contributed by atoms with Crippen LogP contribution in [0.4, 0.5) is 0 Å². The molecule has 0 aliphatic rings. The maximum Gasteiger partial charge on any atom is 0.0296 e. The maximum absolute atomic E-state index is 4.07. The van der Waals surface area contributed by atoms with Crippen LogP contribution in [-0.4, -0.2) is 31.6 Å². The maximum atomic E-state index is 4.07. The van der Waals surface area contributed by atoms with Gasteiger partial charge in [0.15, 0.2) is 0 Å². The molecule has 0 saturated heterocycles. The second kappa shape index (κ2) is 6.88. The number of rotatable bonds is 7. The van der Waals surface area contributed by atoms with Crippen molar-refractivity contribution in [1.29, 1.82) is 0 Å². The highest BCUT2D eigenvalue weighted by Gasteiger charge is 2.05.